The third-order valence-corrected chi connectivity index (χ3v) is 10.9. The maximum Gasteiger partial charge on any atom is 0.0713 e. The number of hydrogen-bond acceptors (Lipinski definition) is 0. The Hall–Kier alpha value is -6.44. The highest BCUT2D eigenvalue weighted by Crippen LogP contribution is 2.57. The van der Waals surface area contributed by atoms with Gasteiger partial charge in [-0.05, 0) is 98.5 Å². The number of hydrogen-bond donors (Lipinski definition) is 0. The van der Waals surface area contributed by atoms with Crippen LogP contribution in [0.3, 0.4) is 0 Å². The molecule has 51 heavy (non-hydrogen) atoms. The van der Waals surface area contributed by atoms with Crippen LogP contribution in [0, 0.1) is 0 Å². The van der Waals surface area contributed by atoms with Crippen molar-refractivity contribution in [3.05, 3.63) is 234 Å². The fourth-order valence-electron chi connectivity index (χ4n) is 8.66. The highest BCUT2D eigenvalue weighted by atomic mass is 15.0. The third kappa shape index (κ3) is 4.62. The summed E-state index contributed by atoms with van der Waals surface area (Å²) in [6.45, 7) is 0. The zero-order valence-corrected chi connectivity index (χ0v) is 28.2. The summed E-state index contributed by atoms with van der Waals surface area (Å²) >= 11 is 0. The lowest BCUT2D eigenvalue weighted by molar-refractivity contribution is 0.767. The van der Waals surface area contributed by atoms with Gasteiger partial charge >= 0.3 is 0 Å². The van der Waals surface area contributed by atoms with Gasteiger partial charge in [-0.1, -0.05) is 164 Å². The van der Waals surface area contributed by atoms with E-state index < -0.39 is 5.41 Å². The Bertz CT molecular complexity index is 2650. The van der Waals surface area contributed by atoms with Gasteiger partial charge in [-0.3, -0.25) is 0 Å². The third-order valence-electron chi connectivity index (χ3n) is 10.9. The van der Waals surface area contributed by atoms with E-state index in [-0.39, 0.29) is 0 Å². The van der Waals surface area contributed by atoms with Crippen molar-refractivity contribution in [1.29, 1.82) is 0 Å². The van der Waals surface area contributed by atoms with Gasteiger partial charge in [0, 0.05) is 16.5 Å². The van der Waals surface area contributed by atoms with Crippen LogP contribution in [0.1, 0.15) is 33.4 Å². The van der Waals surface area contributed by atoms with E-state index in [4.69, 9.17) is 0 Å². The van der Waals surface area contributed by atoms with Crippen molar-refractivity contribution in [2.24, 2.45) is 0 Å². The molecule has 1 heterocycles. The molecule has 9 aromatic rings. The number of fused-ring (bicyclic) bond motifs is 6. The smallest absolute Gasteiger partial charge is 0.0713 e. The second-order valence-corrected chi connectivity index (χ2v) is 13.7. The molecule has 1 aliphatic carbocycles. The van der Waals surface area contributed by atoms with Crippen molar-refractivity contribution < 1.29 is 0 Å². The molecule has 0 bridgehead atoms. The first-order chi connectivity index (χ1) is 25.3. The van der Waals surface area contributed by atoms with Gasteiger partial charge in [0.15, 0.2) is 0 Å². The van der Waals surface area contributed by atoms with E-state index in [0.717, 1.165) is 6.42 Å². The summed E-state index contributed by atoms with van der Waals surface area (Å²) in [6, 6.07) is 73.9. The Kier molecular flexibility index (Phi) is 6.85. The van der Waals surface area contributed by atoms with E-state index in [1.165, 1.54) is 83.1 Å². The van der Waals surface area contributed by atoms with Gasteiger partial charge in [0.25, 0.3) is 0 Å². The van der Waals surface area contributed by atoms with Crippen LogP contribution in [0.5, 0.6) is 0 Å². The number of nitrogens with zero attached hydrogens (tertiary/aromatic N) is 1. The standard InChI is InChI=1S/C50H35N/c1-5-15-35(16-6-1)31-36-25-28-42-43-29-26-38(34-47(43)50(46(42)32-36,39-17-7-2-8-18-39)40-19-9-3-10-20-40)37-27-30-49-45(33-37)44-23-13-14-24-48(44)51(49)41-21-11-4-12-22-41/h1-30,32-34H,31H2. The van der Waals surface area contributed by atoms with Gasteiger partial charge in [-0.15, -0.1) is 0 Å². The van der Waals surface area contributed by atoms with Crippen LogP contribution >= 0.6 is 0 Å². The van der Waals surface area contributed by atoms with Gasteiger partial charge in [-0.25, -0.2) is 0 Å². The molecule has 0 spiro atoms. The number of rotatable bonds is 6. The summed E-state index contributed by atoms with van der Waals surface area (Å²) < 4.78 is 2.39. The molecule has 1 heteroatoms. The van der Waals surface area contributed by atoms with Gasteiger partial charge in [-0.2, -0.15) is 0 Å². The normalized spacial score (nSPS) is 12.9. The van der Waals surface area contributed by atoms with Crippen molar-refractivity contribution >= 4 is 21.8 Å². The molecule has 8 aromatic carbocycles. The lowest BCUT2D eigenvalue weighted by Gasteiger charge is -2.34. The highest BCUT2D eigenvalue weighted by Gasteiger charge is 2.46. The SMILES string of the molecule is c1ccc(Cc2ccc3c(c2)C(c2ccccc2)(c2ccccc2)c2cc(-c4ccc5c(c4)c4ccccc4n5-c4ccccc4)ccc2-3)cc1. The van der Waals surface area contributed by atoms with Gasteiger partial charge in [0.2, 0.25) is 0 Å². The molecule has 0 fully saturated rings. The van der Waals surface area contributed by atoms with Crippen LogP contribution in [-0.4, -0.2) is 4.57 Å². The Morgan fingerprint density at radius 1 is 0.373 bits per heavy atom. The van der Waals surface area contributed by atoms with Crippen LogP contribution in [0.4, 0.5) is 0 Å². The van der Waals surface area contributed by atoms with Crippen molar-refractivity contribution in [2.45, 2.75) is 11.8 Å². The first-order valence-electron chi connectivity index (χ1n) is 17.8. The molecule has 0 radical (unpaired) electrons. The molecule has 0 saturated heterocycles. The van der Waals surface area contributed by atoms with E-state index in [1.807, 2.05) is 0 Å². The van der Waals surface area contributed by atoms with E-state index >= 15 is 0 Å². The second-order valence-electron chi connectivity index (χ2n) is 13.7. The van der Waals surface area contributed by atoms with Gasteiger partial charge in [0.05, 0.1) is 16.4 Å². The highest BCUT2D eigenvalue weighted by molar-refractivity contribution is 6.10. The molecule has 0 atom stereocenters. The molecule has 0 unspecified atom stereocenters. The number of aromatic nitrogens is 1. The van der Waals surface area contributed by atoms with Crippen molar-refractivity contribution in [1.82, 2.24) is 4.57 Å². The predicted molar refractivity (Wildman–Crippen MR) is 213 cm³/mol. The second kappa shape index (κ2) is 11.9. The van der Waals surface area contributed by atoms with Crippen molar-refractivity contribution in [2.75, 3.05) is 0 Å². The average molecular weight is 650 g/mol. The van der Waals surface area contributed by atoms with Crippen LogP contribution in [-0.2, 0) is 11.8 Å². The Morgan fingerprint density at radius 3 is 1.61 bits per heavy atom. The van der Waals surface area contributed by atoms with Crippen LogP contribution in [0.25, 0.3) is 49.7 Å². The summed E-state index contributed by atoms with van der Waals surface area (Å²) in [6.07, 6.45) is 0.895. The average Bonchev–Trinajstić information content (AvgIpc) is 3.69. The first kappa shape index (κ1) is 29.5. The maximum absolute atomic E-state index is 2.48. The lowest BCUT2D eigenvalue weighted by atomic mass is 9.67. The van der Waals surface area contributed by atoms with E-state index in [9.17, 15) is 0 Å². The summed E-state index contributed by atoms with van der Waals surface area (Å²) in [5.41, 5.74) is 16.1. The topological polar surface area (TPSA) is 4.93 Å². The van der Waals surface area contributed by atoms with Gasteiger partial charge < -0.3 is 4.57 Å². The maximum atomic E-state index is 2.48. The monoisotopic (exact) mass is 649 g/mol. The number of benzene rings is 8. The van der Waals surface area contributed by atoms with Crippen LogP contribution in [0.15, 0.2) is 200 Å². The Labute approximate surface area is 298 Å². The minimum absolute atomic E-state index is 0.469. The molecule has 0 aliphatic heterocycles. The molecular formula is C50H35N. The molecule has 10 rings (SSSR count). The largest absolute Gasteiger partial charge is 0.309 e. The lowest BCUT2D eigenvalue weighted by Crippen LogP contribution is -2.28. The van der Waals surface area contributed by atoms with Crippen LogP contribution < -0.4 is 0 Å². The summed E-state index contributed by atoms with van der Waals surface area (Å²) in [5, 5.41) is 2.53. The molecule has 1 nitrogen and oxygen atoms in total. The first-order valence-corrected chi connectivity index (χ1v) is 17.8. The fourth-order valence-corrected chi connectivity index (χ4v) is 8.66. The zero-order valence-electron chi connectivity index (χ0n) is 28.2. The summed E-state index contributed by atoms with van der Waals surface area (Å²) in [5.74, 6) is 0. The van der Waals surface area contributed by atoms with E-state index in [2.05, 4.69) is 205 Å². The van der Waals surface area contributed by atoms with Gasteiger partial charge in [0.1, 0.15) is 0 Å². The molecule has 0 amide bonds. The fraction of sp³-hybridized carbons (Fsp3) is 0.0400. The molecule has 0 saturated carbocycles. The van der Waals surface area contributed by atoms with Crippen molar-refractivity contribution in [3.63, 3.8) is 0 Å². The molecular weight excluding hydrogens is 615 g/mol. The Morgan fingerprint density at radius 2 is 0.902 bits per heavy atom. The summed E-state index contributed by atoms with van der Waals surface area (Å²) in [7, 11) is 0. The molecule has 1 aliphatic rings. The minimum Gasteiger partial charge on any atom is -0.309 e. The molecule has 240 valence electrons. The molecule has 0 N–H and O–H groups in total. The summed E-state index contributed by atoms with van der Waals surface area (Å²) in [4.78, 5) is 0. The number of para-hydroxylation sites is 2. The molecule has 1 aromatic heterocycles. The van der Waals surface area contributed by atoms with E-state index in [0.29, 0.717) is 0 Å². The predicted octanol–water partition coefficient (Wildman–Crippen LogP) is 12.4. The Balaban J connectivity index is 1.20. The minimum atomic E-state index is -0.469. The zero-order chi connectivity index (χ0) is 33.8. The van der Waals surface area contributed by atoms with E-state index in [1.54, 1.807) is 0 Å². The van der Waals surface area contributed by atoms with Crippen LogP contribution in [0.2, 0.25) is 0 Å². The van der Waals surface area contributed by atoms with Crippen molar-refractivity contribution in [3.8, 4) is 27.9 Å². The quantitative estimate of drug-likeness (QED) is 0.169.